The van der Waals surface area contributed by atoms with E-state index in [-0.39, 0.29) is 5.91 Å². The van der Waals surface area contributed by atoms with Crippen molar-refractivity contribution in [3.63, 3.8) is 0 Å². The summed E-state index contributed by atoms with van der Waals surface area (Å²) < 4.78 is 0. The normalized spacial score (nSPS) is 20.6. The fourth-order valence-electron chi connectivity index (χ4n) is 1.75. The van der Waals surface area contributed by atoms with E-state index < -0.39 is 0 Å². The lowest BCUT2D eigenvalue weighted by atomic mass is 10.2. The summed E-state index contributed by atoms with van der Waals surface area (Å²) >= 11 is 1.94. The minimum atomic E-state index is -0.141. The fraction of sp³-hybridized carbons (Fsp3) is 0.600. The van der Waals surface area contributed by atoms with Crippen LogP contribution in [0.3, 0.4) is 0 Å². The van der Waals surface area contributed by atoms with E-state index in [0.29, 0.717) is 23.2 Å². The Morgan fingerprint density at radius 3 is 3.19 bits per heavy atom. The molecule has 1 amide bonds. The highest BCUT2D eigenvalue weighted by molar-refractivity contribution is 7.99. The first-order valence-corrected chi connectivity index (χ1v) is 6.51. The molecule has 5 nitrogen and oxygen atoms in total. The lowest BCUT2D eigenvalue weighted by molar-refractivity contribution is 0.0954. The third-order valence-electron chi connectivity index (χ3n) is 2.68. The fourth-order valence-corrected chi connectivity index (χ4v) is 2.99. The van der Waals surface area contributed by atoms with Crippen LogP contribution < -0.4 is 11.1 Å². The van der Waals surface area contributed by atoms with Crippen molar-refractivity contribution in [3.05, 3.63) is 11.8 Å². The van der Waals surface area contributed by atoms with Gasteiger partial charge in [-0.3, -0.25) is 9.89 Å². The van der Waals surface area contributed by atoms with E-state index in [9.17, 15) is 4.79 Å². The number of rotatable bonds is 3. The summed E-state index contributed by atoms with van der Waals surface area (Å²) in [4.78, 5) is 11.7. The van der Waals surface area contributed by atoms with Gasteiger partial charge in [0, 0.05) is 11.8 Å². The van der Waals surface area contributed by atoms with Crippen LogP contribution >= 0.6 is 11.8 Å². The molecule has 1 aliphatic rings. The molecule has 0 aliphatic carbocycles. The second-order valence-corrected chi connectivity index (χ2v) is 5.30. The number of nitrogens with two attached hydrogens (primary N) is 1. The molecule has 2 rings (SSSR count). The van der Waals surface area contributed by atoms with Crippen molar-refractivity contribution in [3.8, 4) is 0 Å². The Balaban J connectivity index is 1.81. The van der Waals surface area contributed by atoms with Crippen LogP contribution in [0, 0.1) is 0 Å². The average Bonchev–Trinajstić information content (AvgIpc) is 2.74. The molecule has 1 aromatic heterocycles. The Labute approximate surface area is 98.6 Å². The Morgan fingerprint density at radius 2 is 2.56 bits per heavy atom. The topological polar surface area (TPSA) is 83.8 Å². The number of thioether (sulfide) groups is 1. The largest absolute Gasteiger partial charge is 0.383 e. The van der Waals surface area contributed by atoms with Gasteiger partial charge in [-0.05, 0) is 18.6 Å². The third-order valence-corrected chi connectivity index (χ3v) is 4.08. The number of nitrogens with zero attached hydrogens (tertiary/aromatic N) is 1. The van der Waals surface area contributed by atoms with Crippen LogP contribution in [0.4, 0.5) is 5.82 Å². The number of amides is 1. The first-order valence-electron chi connectivity index (χ1n) is 5.46. The number of aromatic amines is 1. The molecule has 16 heavy (non-hydrogen) atoms. The first-order chi connectivity index (χ1) is 7.77. The van der Waals surface area contributed by atoms with Crippen molar-refractivity contribution in [1.82, 2.24) is 15.5 Å². The van der Waals surface area contributed by atoms with Gasteiger partial charge in [-0.25, -0.2) is 0 Å². The molecule has 4 N–H and O–H groups in total. The molecule has 1 saturated heterocycles. The van der Waals surface area contributed by atoms with Crippen molar-refractivity contribution < 1.29 is 4.79 Å². The van der Waals surface area contributed by atoms with Gasteiger partial charge in [-0.1, -0.05) is 6.42 Å². The van der Waals surface area contributed by atoms with Crippen molar-refractivity contribution in [2.75, 3.05) is 18.0 Å². The number of nitrogens with one attached hydrogen (secondary N) is 2. The van der Waals surface area contributed by atoms with Crippen LogP contribution in [0.2, 0.25) is 0 Å². The Bertz CT molecular complexity index is 359. The Kier molecular flexibility index (Phi) is 3.71. The number of H-pyrrole nitrogens is 1. The number of hydrogen-bond donors (Lipinski definition) is 3. The zero-order chi connectivity index (χ0) is 11.4. The summed E-state index contributed by atoms with van der Waals surface area (Å²) in [5.41, 5.74) is 6.00. The highest BCUT2D eigenvalue weighted by Crippen LogP contribution is 2.24. The summed E-state index contributed by atoms with van der Waals surface area (Å²) in [6, 6.07) is 0. The van der Waals surface area contributed by atoms with Crippen molar-refractivity contribution >= 4 is 23.5 Å². The van der Waals surface area contributed by atoms with Crippen LogP contribution in [-0.2, 0) is 0 Å². The van der Waals surface area contributed by atoms with Gasteiger partial charge in [0.05, 0.1) is 6.20 Å². The van der Waals surface area contributed by atoms with Gasteiger partial charge in [0.2, 0.25) is 0 Å². The lowest BCUT2D eigenvalue weighted by Crippen LogP contribution is -2.32. The van der Waals surface area contributed by atoms with Crippen molar-refractivity contribution in [1.29, 1.82) is 0 Å². The van der Waals surface area contributed by atoms with Crippen LogP contribution in [0.1, 0.15) is 29.6 Å². The molecular formula is C10H16N4OS. The molecule has 1 aliphatic heterocycles. The predicted octanol–water partition coefficient (Wildman–Crippen LogP) is 1.01. The SMILES string of the molecule is Nc1[nH]ncc1C(=O)NCC1CCCCS1. The summed E-state index contributed by atoms with van der Waals surface area (Å²) in [5.74, 6) is 1.39. The smallest absolute Gasteiger partial charge is 0.256 e. The van der Waals surface area contributed by atoms with Crippen LogP contribution in [0.15, 0.2) is 6.20 Å². The van der Waals surface area contributed by atoms with E-state index in [0.717, 1.165) is 0 Å². The number of nitrogen functional groups attached to an aromatic ring is 1. The molecule has 1 aromatic rings. The molecule has 2 heterocycles. The number of carbonyl (C=O) groups is 1. The average molecular weight is 240 g/mol. The maximum atomic E-state index is 11.7. The zero-order valence-electron chi connectivity index (χ0n) is 9.03. The summed E-state index contributed by atoms with van der Waals surface area (Å²) in [7, 11) is 0. The summed E-state index contributed by atoms with van der Waals surface area (Å²) in [5, 5.41) is 9.71. The highest BCUT2D eigenvalue weighted by atomic mass is 32.2. The van der Waals surface area contributed by atoms with E-state index in [1.807, 2.05) is 11.8 Å². The minimum Gasteiger partial charge on any atom is -0.383 e. The van der Waals surface area contributed by atoms with Gasteiger partial charge < -0.3 is 11.1 Å². The minimum absolute atomic E-state index is 0.141. The van der Waals surface area contributed by atoms with E-state index in [1.165, 1.54) is 31.2 Å². The van der Waals surface area contributed by atoms with Gasteiger partial charge in [0.25, 0.3) is 5.91 Å². The van der Waals surface area contributed by atoms with Gasteiger partial charge in [-0.2, -0.15) is 16.9 Å². The monoisotopic (exact) mass is 240 g/mol. The zero-order valence-corrected chi connectivity index (χ0v) is 9.85. The van der Waals surface area contributed by atoms with E-state index in [2.05, 4.69) is 15.5 Å². The van der Waals surface area contributed by atoms with Crippen LogP contribution in [0.5, 0.6) is 0 Å². The van der Waals surface area contributed by atoms with Gasteiger partial charge in [-0.15, -0.1) is 0 Å². The second kappa shape index (κ2) is 5.25. The maximum absolute atomic E-state index is 11.7. The molecule has 1 unspecified atom stereocenters. The molecule has 0 saturated carbocycles. The van der Waals surface area contributed by atoms with Gasteiger partial charge in [0.1, 0.15) is 11.4 Å². The quantitative estimate of drug-likeness (QED) is 0.736. The lowest BCUT2D eigenvalue weighted by Gasteiger charge is -2.21. The van der Waals surface area contributed by atoms with Crippen LogP contribution in [-0.4, -0.2) is 33.7 Å². The molecular weight excluding hydrogens is 224 g/mol. The van der Waals surface area contributed by atoms with E-state index in [1.54, 1.807) is 0 Å². The number of anilines is 1. The van der Waals surface area contributed by atoms with E-state index in [4.69, 9.17) is 5.73 Å². The number of aromatic nitrogens is 2. The molecule has 6 heteroatoms. The van der Waals surface area contributed by atoms with E-state index >= 15 is 0 Å². The van der Waals surface area contributed by atoms with Gasteiger partial charge >= 0.3 is 0 Å². The molecule has 1 atom stereocenters. The number of hydrogen-bond acceptors (Lipinski definition) is 4. The highest BCUT2D eigenvalue weighted by Gasteiger charge is 2.16. The second-order valence-electron chi connectivity index (χ2n) is 3.90. The molecule has 0 bridgehead atoms. The van der Waals surface area contributed by atoms with Crippen molar-refractivity contribution in [2.24, 2.45) is 0 Å². The van der Waals surface area contributed by atoms with Crippen LogP contribution in [0.25, 0.3) is 0 Å². The Morgan fingerprint density at radius 1 is 1.69 bits per heavy atom. The molecule has 0 aromatic carbocycles. The predicted molar refractivity (Wildman–Crippen MR) is 65.4 cm³/mol. The standard InChI is InChI=1S/C10H16N4OS/c11-9-8(6-13-14-9)10(15)12-5-7-3-1-2-4-16-7/h6-7H,1-5H2,(H,12,15)(H3,11,13,14). The molecule has 88 valence electrons. The summed E-state index contributed by atoms with van der Waals surface area (Å²) in [6.07, 6.45) is 5.20. The maximum Gasteiger partial charge on any atom is 0.256 e. The molecule has 0 radical (unpaired) electrons. The van der Waals surface area contributed by atoms with Crippen molar-refractivity contribution in [2.45, 2.75) is 24.5 Å². The Hall–Kier alpha value is -1.17. The molecule has 0 spiro atoms. The third kappa shape index (κ3) is 2.69. The van der Waals surface area contributed by atoms with Gasteiger partial charge in [0.15, 0.2) is 0 Å². The summed E-state index contributed by atoms with van der Waals surface area (Å²) in [6.45, 7) is 0.716. The first kappa shape index (κ1) is 11.3. The number of carbonyl (C=O) groups excluding carboxylic acids is 1. The molecule has 1 fully saturated rings.